The Hall–Kier alpha value is -3.44. The van der Waals surface area contributed by atoms with Crippen LogP contribution in [0.3, 0.4) is 0 Å². The van der Waals surface area contributed by atoms with Gasteiger partial charge in [0.2, 0.25) is 5.16 Å². The summed E-state index contributed by atoms with van der Waals surface area (Å²) in [6.07, 6.45) is 6.55. The minimum atomic E-state index is -0.483. The zero-order valence-electron chi connectivity index (χ0n) is 15.6. The minimum absolute atomic E-state index is 0.243. The number of halogens is 1. The van der Waals surface area contributed by atoms with Gasteiger partial charge in [-0.15, -0.1) is 10.2 Å². The van der Waals surface area contributed by atoms with E-state index in [1.165, 1.54) is 25.2 Å². The number of ether oxygens (including phenoxy) is 1. The number of H-pyrrole nitrogens is 1. The monoisotopic (exact) mass is 442 g/mol. The molecule has 0 bridgehead atoms. The third-order valence-electron chi connectivity index (χ3n) is 3.98. The molecular formula is C18H15ClN8O2S. The molecule has 12 heteroatoms. The lowest BCUT2D eigenvalue weighted by atomic mass is 10.1. The molecule has 0 spiro atoms. The van der Waals surface area contributed by atoms with Gasteiger partial charge in [-0.3, -0.25) is 9.78 Å². The Kier molecular flexibility index (Phi) is 5.91. The normalized spacial score (nSPS) is 11.3. The molecule has 152 valence electrons. The lowest BCUT2D eigenvalue weighted by molar-refractivity contribution is 0.0593. The number of hydrogen-bond donors (Lipinski definition) is 1. The molecule has 1 N–H and O–H groups in total. The second-order valence-corrected chi connectivity index (χ2v) is 7.26. The summed E-state index contributed by atoms with van der Waals surface area (Å²) < 4.78 is 7.81. The molecule has 30 heavy (non-hydrogen) atoms. The summed E-state index contributed by atoms with van der Waals surface area (Å²) >= 11 is 7.32. The molecule has 1 aromatic carbocycles. The van der Waals surface area contributed by atoms with Gasteiger partial charge >= 0.3 is 5.97 Å². The molecule has 0 saturated carbocycles. The van der Waals surface area contributed by atoms with Crippen LogP contribution in [0.15, 0.2) is 59.3 Å². The second kappa shape index (κ2) is 8.93. The van der Waals surface area contributed by atoms with Crippen LogP contribution in [0.5, 0.6) is 0 Å². The highest BCUT2D eigenvalue weighted by Gasteiger charge is 2.11. The highest BCUT2D eigenvalue weighted by molar-refractivity contribution is 7.98. The maximum Gasteiger partial charge on any atom is 0.358 e. The topological polar surface area (TPSA) is 116 Å². The number of esters is 1. The molecule has 10 nitrogen and oxygen atoms in total. The first-order chi connectivity index (χ1) is 14.6. The SMILES string of the molecule is COC(=O)c1ccn(CSc2nncn2/N=C\c2cn[nH]c2-c2ccc(Cl)cc2)n1. The lowest BCUT2D eigenvalue weighted by Crippen LogP contribution is -2.04. The van der Waals surface area contributed by atoms with E-state index < -0.39 is 5.97 Å². The first-order valence-electron chi connectivity index (χ1n) is 8.62. The van der Waals surface area contributed by atoms with Gasteiger partial charge in [-0.2, -0.15) is 20.0 Å². The van der Waals surface area contributed by atoms with E-state index >= 15 is 0 Å². The molecule has 4 aromatic rings. The van der Waals surface area contributed by atoms with Crippen LogP contribution in [0.2, 0.25) is 5.02 Å². The summed E-state index contributed by atoms with van der Waals surface area (Å²) in [7, 11) is 1.31. The van der Waals surface area contributed by atoms with Crippen molar-refractivity contribution in [3.8, 4) is 11.3 Å². The molecule has 0 fully saturated rings. The molecule has 0 saturated heterocycles. The van der Waals surface area contributed by atoms with E-state index in [0.717, 1.165) is 16.8 Å². The van der Waals surface area contributed by atoms with Crippen LogP contribution in [0.25, 0.3) is 11.3 Å². The fraction of sp³-hybridized carbons (Fsp3) is 0.111. The van der Waals surface area contributed by atoms with Crippen LogP contribution in [0, 0.1) is 0 Å². The van der Waals surface area contributed by atoms with Crippen LogP contribution in [-0.2, 0) is 10.6 Å². The third kappa shape index (κ3) is 4.42. The summed E-state index contributed by atoms with van der Waals surface area (Å²) in [5.41, 5.74) is 2.81. The van der Waals surface area contributed by atoms with Crippen molar-refractivity contribution in [2.45, 2.75) is 11.0 Å². The average Bonchev–Trinajstić information content (AvgIpc) is 3.51. The Morgan fingerprint density at radius 3 is 2.97 bits per heavy atom. The van der Waals surface area contributed by atoms with Crippen LogP contribution in [0.4, 0.5) is 0 Å². The molecular weight excluding hydrogens is 428 g/mol. The molecule has 0 atom stereocenters. The fourth-order valence-corrected chi connectivity index (χ4v) is 3.38. The maximum atomic E-state index is 11.5. The highest BCUT2D eigenvalue weighted by atomic mass is 35.5. The number of hydrogen-bond acceptors (Lipinski definition) is 8. The average molecular weight is 443 g/mol. The number of benzene rings is 1. The number of carbonyl (C=O) groups is 1. The summed E-state index contributed by atoms with van der Waals surface area (Å²) in [5, 5.41) is 24.9. The smallest absolute Gasteiger partial charge is 0.358 e. The second-order valence-electron chi connectivity index (χ2n) is 5.92. The molecule has 0 aliphatic rings. The standard InChI is InChI=1S/C18H15ClN8O2S/c1-29-17(28)15-6-7-26(25-15)11-30-18-24-21-10-27(18)22-9-13-8-20-23-16(13)12-2-4-14(19)5-3-12/h2-10H,11H2,1H3,(H,20,23)/b22-9-. The van der Waals surface area contributed by atoms with Crippen molar-refractivity contribution in [3.05, 3.63) is 65.3 Å². The summed E-state index contributed by atoms with van der Waals surface area (Å²) in [4.78, 5) is 11.5. The number of nitrogens with zero attached hydrogens (tertiary/aromatic N) is 7. The van der Waals surface area contributed by atoms with Crippen molar-refractivity contribution in [3.63, 3.8) is 0 Å². The predicted molar refractivity (Wildman–Crippen MR) is 111 cm³/mol. The van der Waals surface area contributed by atoms with Crippen molar-refractivity contribution >= 4 is 35.5 Å². The summed E-state index contributed by atoms with van der Waals surface area (Å²) in [6, 6.07) is 9.02. The number of nitrogens with one attached hydrogen (secondary N) is 1. The fourth-order valence-electron chi connectivity index (χ4n) is 2.53. The van der Waals surface area contributed by atoms with E-state index in [0.29, 0.717) is 16.1 Å². The molecule has 0 radical (unpaired) electrons. The van der Waals surface area contributed by atoms with Gasteiger partial charge in [-0.1, -0.05) is 35.5 Å². The Bertz CT molecular complexity index is 1180. The molecule has 0 amide bonds. The highest BCUT2D eigenvalue weighted by Crippen LogP contribution is 2.22. The number of aromatic amines is 1. The van der Waals surface area contributed by atoms with Gasteiger partial charge in [0.05, 0.1) is 31.1 Å². The van der Waals surface area contributed by atoms with E-state index in [1.807, 2.05) is 24.3 Å². The van der Waals surface area contributed by atoms with Crippen LogP contribution in [-0.4, -0.2) is 54.1 Å². The van der Waals surface area contributed by atoms with Crippen LogP contribution >= 0.6 is 23.4 Å². The van der Waals surface area contributed by atoms with Crippen LogP contribution < -0.4 is 0 Å². The van der Waals surface area contributed by atoms with Gasteiger partial charge in [0, 0.05) is 22.3 Å². The Morgan fingerprint density at radius 2 is 2.17 bits per heavy atom. The molecule has 4 rings (SSSR count). The van der Waals surface area contributed by atoms with E-state index in [-0.39, 0.29) is 5.69 Å². The number of carbonyl (C=O) groups excluding carboxylic acids is 1. The van der Waals surface area contributed by atoms with Gasteiger partial charge in [-0.05, 0) is 18.2 Å². The molecule has 0 aliphatic carbocycles. The summed E-state index contributed by atoms with van der Waals surface area (Å²) in [6.45, 7) is 0. The molecule has 3 aromatic heterocycles. The number of aromatic nitrogens is 7. The van der Waals surface area contributed by atoms with Crippen molar-refractivity contribution in [1.82, 2.24) is 34.9 Å². The Balaban J connectivity index is 1.46. The number of rotatable bonds is 7. The zero-order chi connectivity index (χ0) is 20.9. The lowest BCUT2D eigenvalue weighted by Gasteiger charge is -2.02. The Labute approximate surface area is 179 Å². The Morgan fingerprint density at radius 1 is 1.33 bits per heavy atom. The third-order valence-corrected chi connectivity index (χ3v) is 5.16. The van der Waals surface area contributed by atoms with Crippen molar-refractivity contribution in [1.29, 1.82) is 0 Å². The largest absolute Gasteiger partial charge is 0.464 e. The predicted octanol–water partition coefficient (Wildman–Crippen LogP) is 2.94. The van der Waals surface area contributed by atoms with E-state index in [4.69, 9.17) is 11.6 Å². The van der Waals surface area contributed by atoms with Gasteiger partial charge < -0.3 is 4.74 Å². The molecule has 0 aliphatic heterocycles. The van der Waals surface area contributed by atoms with Gasteiger partial charge in [0.1, 0.15) is 6.33 Å². The quantitative estimate of drug-likeness (QED) is 0.265. The van der Waals surface area contributed by atoms with E-state index in [2.05, 4.69) is 35.3 Å². The van der Waals surface area contributed by atoms with Crippen molar-refractivity contribution in [2.24, 2.45) is 5.10 Å². The number of thioether (sulfide) groups is 1. The summed E-state index contributed by atoms with van der Waals surface area (Å²) in [5.74, 6) is -0.0597. The van der Waals surface area contributed by atoms with Gasteiger partial charge in [0.15, 0.2) is 5.69 Å². The molecule has 0 unspecified atom stereocenters. The van der Waals surface area contributed by atoms with E-state index in [9.17, 15) is 4.79 Å². The zero-order valence-corrected chi connectivity index (χ0v) is 17.2. The van der Waals surface area contributed by atoms with E-state index in [1.54, 1.807) is 34.0 Å². The van der Waals surface area contributed by atoms with Crippen molar-refractivity contribution < 1.29 is 9.53 Å². The van der Waals surface area contributed by atoms with Crippen molar-refractivity contribution in [2.75, 3.05) is 7.11 Å². The first kappa shape index (κ1) is 19.9. The number of methoxy groups -OCH3 is 1. The maximum absolute atomic E-state index is 11.5. The van der Waals surface area contributed by atoms with Gasteiger partial charge in [0.25, 0.3) is 0 Å². The van der Waals surface area contributed by atoms with Crippen LogP contribution in [0.1, 0.15) is 16.1 Å². The first-order valence-corrected chi connectivity index (χ1v) is 9.98. The van der Waals surface area contributed by atoms with Gasteiger partial charge in [-0.25, -0.2) is 4.79 Å². The molecule has 3 heterocycles. The minimum Gasteiger partial charge on any atom is -0.464 e.